The van der Waals surface area contributed by atoms with Crippen LogP contribution in [0.4, 0.5) is 0 Å². The number of ether oxygens (including phenoxy) is 2. The molecule has 6 heteroatoms. The van der Waals surface area contributed by atoms with Crippen LogP contribution >= 0.6 is 0 Å². The fourth-order valence-corrected chi connectivity index (χ4v) is 2.97. The highest BCUT2D eigenvalue weighted by atomic mass is 16.5. The minimum absolute atomic E-state index is 0.163. The number of methoxy groups -OCH3 is 1. The van der Waals surface area contributed by atoms with Gasteiger partial charge in [0, 0.05) is 18.5 Å². The fraction of sp³-hybridized carbons (Fsp3) is 0.579. The van der Waals surface area contributed by atoms with Crippen molar-refractivity contribution in [3.05, 3.63) is 23.8 Å². The van der Waals surface area contributed by atoms with Gasteiger partial charge in [0.25, 0.3) is 5.91 Å². The zero-order valence-electron chi connectivity index (χ0n) is 14.8. The largest absolute Gasteiger partial charge is 0.493 e. The smallest absolute Gasteiger partial charge is 0.303 e. The number of carbonyl (C=O) groups is 2. The Balaban J connectivity index is 1.81. The van der Waals surface area contributed by atoms with Crippen LogP contribution in [0.2, 0.25) is 0 Å². The Morgan fingerprint density at radius 2 is 1.92 bits per heavy atom. The molecule has 0 aliphatic heterocycles. The number of unbranched alkanes of at least 4 members (excludes halogenated alkanes) is 2. The summed E-state index contributed by atoms with van der Waals surface area (Å²) in [4.78, 5) is 22.6. The van der Waals surface area contributed by atoms with Crippen LogP contribution in [0.25, 0.3) is 0 Å². The second-order valence-electron chi connectivity index (χ2n) is 6.35. The summed E-state index contributed by atoms with van der Waals surface area (Å²) in [5.74, 6) is 0.306. The molecule has 1 aliphatic carbocycles. The van der Waals surface area contributed by atoms with Crippen molar-refractivity contribution in [2.75, 3.05) is 13.7 Å². The maximum absolute atomic E-state index is 12.2. The second kappa shape index (κ2) is 9.91. The minimum atomic E-state index is -0.781. The number of aliphatic carboxylic acids is 1. The highest BCUT2D eigenvalue weighted by Gasteiger charge is 2.19. The van der Waals surface area contributed by atoms with E-state index in [1.165, 1.54) is 12.8 Å². The standard InChI is InChI=1S/C19H27NO5/c1-24-17-13-14(10-11-16(17)25-15-7-4-5-8-15)19(23)20-12-6-2-3-9-18(21)22/h10-11,13,15H,2-9,12H2,1H3,(H,20,23)(H,21,22). The van der Waals surface area contributed by atoms with E-state index in [0.29, 0.717) is 30.0 Å². The Labute approximate surface area is 148 Å². The highest BCUT2D eigenvalue weighted by molar-refractivity contribution is 5.94. The van der Waals surface area contributed by atoms with Crippen molar-refractivity contribution in [2.45, 2.75) is 57.5 Å². The van der Waals surface area contributed by atoms with E-state index >= 15 is 0 Å². The number of carbonyl (C=O) groups excluding carboxylic acids is 1. The molecule has 2 N–H and O–H groups in total. The molecule has 0 unspecified atom stereocenters. The fourth-order valence-electron chi connectivity index (χ4n) is 2.97. The summed E-state index contributed by atoms with van der Waals surface area (Å²) >= 11 is 0. The second-order valence-corrected chi connectivity index (χ2v) is 6.35. The predicted octanol–water partition coefficient (Wildman–Crippen LogP) is 3.39. The van der Waals surface area contributed by atoms with Gasteiger partial charge in [-0.2, -0.15) is 0 Å². The van der Waals surface area contributed by atoms with Gasteiger partial charge in [-0.25, -0.2) is 0 Å². The molecule has 1 aromatic carbocycles. The Morgan fingerprint density at radius 3 is 2.60 bits per heavy atom. The average molecular weight is 349 g/mol. The van der Waals surface area contributed by atoms with Gasteiger partial charge in [0.1, 0.15) is 0 Å². The van der Waals surface area contributed by atoms with Crippen molar-refractivity contribution in [1.82, 2.24) is 5.32 Å². The molecule has 0 atom stereocenters. The molecule has 0 bridgehead atoms. The molecule has 0 saturated heterocycles. The summed E-state index contributed by atoms with van der Waals surface area (Å²) in [5.41, 5.74) is 0.529. The molecule has 1 aliphatic rings. The number of benzene rings is 1. The van der Waals surface area contributed by atoms with Gasteiger partial charge < -0.3 is 19.9 Å². The van der Waals surface area contributed by atoms with Gasteiger partial charge in [0.05, 0.1) is 13.2 Å². The maximum atomic E-state index is 12.2. The number of hydrogen-bond acceptors (Lipinski definition) is 4. The maximum Gasteiger partial charge on any atom is 0.303 e. The van der Waals surface area contributed by atoms with E-state index < -0.39 is 5.97 Å². The first-order chi connectivity index (χ1) is 12.1. The monoisotopic (exact) mass is 349 g/mol. The van der Waals surface area contributed by atoms with Crippen molar-refractivity contribution in [3.8, 4) is 11.5 Å². The summed E-state index contributed by atoms with van der Waals surface area (Å²) in [5, 5.41) is 11.4. The lowest BCUT2D eigenvalue weighted by Gasteiger charge is -2.16. The SMILES string of the molecule is COc1cc(C(=O)NCCCCCC(=O)O)ccc1OC1CCCC1. The van der Waals surface area contributed by atoms with E-state index in [9.17, 15) is 9.59 Å². The molecule has 6 nitrogen and oxygen atoms in total. The van der Waals surface area contributed by atoms with Crippen molar-refractivity contribution in [2.24, 2.45) is 0 Å². The molecule has 0 aromatic heterocycles. The molecular weight excluding hydrogens is 322 g/mol. The summed E-state index contributed by atoms with van der Waals surface area (Å²) in [6.07, 6.45) is 7.10. The van der Waals surface area contributed by atoms with Crippen LogP contribution in [-0.2, 0) is 4.79 Å². The molecule has 25 heavy (non-hydrogen) atoms. The summed E-state index contributed by atoms with van der Waals surface area (Å²) in [6.45, 7) is 0.529. The first-order valence-corrected chi connectivity index (χ1v) is 8.95. The van der Waals surface area contributed by atoms with Crippen LogP contribution in [0.15, 0.2) is 18.2 Å². The van der Waals surface area contributed by atoms with Gasteiger partial charge >= 0.3 is 5.97 Å². The zero-order valence-corrected chi connectivity index (χ0v) is 14.8. The van der Waals surface area contributed by atoms with Crippen molar-refractivity contribution >= 4 is 11.9 Å². The molecule has 1 saturated carbocycles. The number of carboxylic acid groups (broad SMARTS) is 1. The molecule has 2 rings (SSSR count). The van der Waals surface area contributed by atoms with Crippen LogP contribution in [0, 0.1) is 0 Å². The lowest BCUT2D eigenvalue weighted by atomic mass is 10.1. The molecule has 138 valence electrons. The van der Waals surface area contributed by atoms with E-state index in [0.717, 1.165) is 25.7 Å². The van der Waals surface area contributed by atoms with Gasteiger partial charge in [-0.1, -0.05) is 6.42 Å². The van der Waals surface area contributed by atoms with Crippen LogP contribution in [0.1, 0.15) is 61.7 Å². The Hall–Kier alpha value is -2.24. The molecule has 0 heterocycles. The topological polar surface area (TPSA) is 84.9 Å². The average Bonchev–Trinajstić information content (AvgIpc) is 3.11. The lowest BCUT2D eigenvalue weighted by Crippen LogP contribution is -2.24. The van der Waals surface area contributed by atoms with Crippen molar-refractivity contribution < 1.29 is 24.2 Å². The summed E-state index contributed by atoms with van der Waals surface area (Å²) in [7, 11) is 1.57. The number of carboxylic acids is 1. The van der Waals surface area contributed by atoms with Gasteiger partial charge in [0.15, 0.2) is 11.5 Å². The van der Waals surface area contributed by atoms with Gasteiger partial charge in [-0.3, -0.25) is 9.59 Å². The first-order valence-electron chi connectivity index (χ1n) is 8.95. The summed E-state index contributed by atoms with van der Waals surface area (Å²) < 4.78 is 11.3. The Morgan fingerprint density at radius 1 is 1.16 bits per heavy atom. The molecule has 1 aromatic rings. The van der Waals surface area contributed by atoms with E-state index in [2.05, 4.69) is 5.32 Å². The lowest BCUT2D eigenvalue weighted by molar-refractivity contribution is -0.137. The first kappa shape index (κ1) is 19.1. The minimum Gasteiger partial charge on any atom is -0.493 e. The van der Waals surface area contributed by atoms with E-state index in [4.69, 9.17) is 14.6 Å². The van der Waals surface area contributed by atoms with E-state index in [1.807, 2.05) is 0 Å². The van der Waals surface area contributed by atoms with Gasteiger partial charge in [0.2, 0.25) is 0 Å². The third-order valence-corrected chi connectivity index (χ3v) is 4.37. The summed E-state index contributed by atoms with van der Waals surface area (Å²) in [6, 6.07) is 5.23. The Kier molecular flexibility index (Phi) is 7.57. The van der Waals surface area contributed by atoms with Crippen LogP contribution in [0.5, 0.6) is 11.5 Å². The molecule has 0 radical (unpaired) electrons. The zero-order chi connectivity index (χ0) is 18.1. The quantitative estimate of drug-likeness (QED) is 0.633. The third kappa shape index (κ3) is 6.29. The molecular formula is C19H27NO5. The third-order valence-electron chi connectivity index (χ3n) is 4.37. The van der Waals surface area contributed by atoms with Crippen LogP contribution < -0.4 is 14.8 Å². The molecule has 1 fully saturated rings. The number of amides is 1. The predicted molar refractivity (Wildman–Crippen MR) is 94.3 cm³/mol. The van der Waals surface area contributed by atoms with Crippen molar-refractivity contribution in [1.29, 1.82) is 0 Å². The van der Waals surface area contributed by atoms with Crippen molar-refractivity contribution in [3.63, 3.8) is 0 Å². The molecule has 0 spiro atoms. The highest BCUT2D eigenvalue weighted by Crippen LogP contribution is 2.32. The number of hydrogen-bond donors (Lipinski definition) is 2. The van der Waals surface area contributed by atoms with E-state index in [1.54, 1.807) is 25.3 Å². The van der Waals surface area contributed by atoms with Crippen LogP contribution in [0.3, 0.4) is 0 Å². The Bertz CT molecular complexity index is 581. The molecule has 1 amide bonds. The van der Waals surface area contributed by atoms with Crippen LogP contribution in [-0.4, -0.2) is 36.7 Å². The number of rotatable bonds is 10. The van der Waals surface area contributed by atoms with E-state index in [-0.39, 0.29) is 18.4 Å². The van der Waals surface area contributed by atoms with Gasteiger partial charge in [-0.05, 0) is 56.7 Å². The van der Waals surface area contributed by atoms with Gasteiger partial charge in [-0.15, -0.1) is 0 Å². The number of nitrogens with one attached hydrogen (secondary N) is 1. The normalized spacial score (nSPS) is 14.3.